The number of sulfonamides is 1. The van der Waals surface area contributed by atoms with Gasteiger partial charge in [0.05, 0.1) is 42.1 Å². The van der Waals surface area contributed by atoms with Crippen LogP contribution in [0.25, 0.3) is 0 Å². The van der Waals surface area contributed by atoms with Crippen LogP contribution in [0.3, 0.4) is 0 Å². The first-order valence-corrected chi connectivity index (χ1v) is 17.5. The summed E-state index contributed by atoms with van der Waals surface area (Å²) in [4.78, 5) is 23.9. The molecular weight excluding hydrogens is 661 g/mol. The van der Waals surface area contributed by atoms with Crippen LogP contribution in [0.1, 0.15) is 41.5 Å². The molecule has 252 valence electrons. The van der Waals surface area contributed by atoms with Crippen molar-refractivity contribution in [1.29, 1.82) is 0 Å². The lowest BCUT2D eigenvalue weighted by Gasteiger charge is -2.41. The summed E-state index contributed by atoms with van der Waals surface area (Å²) in [5.41, 5.74) is -0.385. The van der Waals surface area contributed by atoms with Gasteiger partial charge in [-0.3, -0.25) is 14.6 Å². The summed E-state index contributed by atoms with van der Waals surface area (Å²) in [6, 6.07) is 13.1. The number of benzene rings is 3. The Morgan fingerprint density at radius 1 is 1.04 bits per heavy atom. The van der Waals surface area contributed by atoms with Gasteiger partial charge in [-0.2, -0.15) is 0 Å². The van der Waals surface area contributed by atoms with Crippen LogP contribution in [0.4, 0.5) is 10.1 Å². The molecule has 3 aliphatic rings. The summed E-state index contributed by atoms with van der Waals surface area (Å²) in [7, 11) is -1.60. The molecule has 4 aromatic rings. The number of likely N-dealkylation sites (tertiary alicyclic amines) is 1. The number of nitrogens with one attached hydrogen (secondary N) is 1. The number of hydrogen-bond donors (Lipinski definition) is 1. The molecule has 1 aromatic heterocycles. The van der Waals surface area contributed by atoms with Gasteiger partial charge in [-0.25, -0.2) is 22.1 Å². The molecule has 3 aliphatic heterocycles. The van der Waals surface area contributed by atoms with Crippen molar-refractivity contribution in [3.05, 3.63) is 100 Å². The fourth-order valence-corrected chi connectivity index (χ4v) is 8.85. The number of aromatic nitrogens is 1. The second-order valence-electron chi connectivity index (χ2n) is 12.0. The highest BCUT2D eigenvalue weighted by Gasteiger charge is 2.63. The van der Waals surface area contributed by atoms with Gasteiger partial charge in [0.2, 0.25) is 5.89 Å². The van der Waals surface area contributed by atoms with E-state index in [0.29, 0.717) is 53.2 Å². The Bertz CT molecular complexity index is 1940. The minimum Gasteiger partial charge on any atom is -0.497 e. The van der Waals surface area contributed by atoms with E-state index in [-0.39, 0.29) is 21.2 Å². The van der Waals surface area contributed by atoms with Crippen LogP contribution < -0.4 is 19.1 Å². The molecule has 48 heavy (non-hydrogen) atoms. The Morgan fingerprint density at radius 3 is 2.50 bits per heavy atom. The third kappa shape index (κ3) is 5.24. The van der Waals surface area contributed by atoms with Crippen LogP contribution in [-0.4, -0.2) is 76.1 Å². The molecule has 2 saturated heterocycles. The largest absolute Gasteiger partial charge is 0.497 e. The smallest absolute Gasteiger partial charge is 0.271 e. The van der Waals surface area contributed by atoms with E-state index in [1.807, 2.05) is 23.1 Å². The van der Waals surface area contributed by atoms with E-state index >= 15 is 9.18 Å². The summed E-state index contributed by atoms with van der Waals surface area (Å²) in [5.74, 6) is -0.491. The van der Waals surface area contributed by atoms with Crippen LogP contribution >= 0.6 is 11.6 Å². The van der Waals surface area contributed by atoms with Gasteiger partial charge in [-0.1, -0.05) is 23.7 Å². The number of hydrogen-bond acceptors (Lipinski definition) is 10. The van der Waals surface area contributed by atoms with Gasteiger partial charge in [-0.15, -0.1) is 0 Å². The second-order valence-corrected chi connectivity index (χ2v) is 14.2. The quantitative estimate of drug-likeness (QED) is 0.264. The van der Waals surface area contributed by atoms with Gasteiger partial charge in [0, 0.05) is 56.5 Å². The summed E-state index contributed by atoms with van der Waals surface area (Å²) >= 11 is 6.46. The molecule has 0 saturated carbocycles. The maximum absolute atomic E-state index is 15.4. The lowest BCUT2D eigenvalue weighted by atomic mass is 9.80. The number of halogens is 2. The molecular formula is C34H35ClFN5O6S. The number of ether oxygens (including phenoxy) is 2. The Balaban J connectivity index is 1.47. The van der Waals surface area contributed by atoms with E-state index in [9.17, 15) is 8.42 Å². The first kappa shape index (κ1) is 32.5. The molecule has 7 rings (SSSR count). The normalized spacial score (nSPS) is 21.9. The van der Waals surface area contributed by atoms with E-state index in [0.717, 1.165) is 37.8 Å². The lowest BCUT2D eigenvalue weighted by Crippen LogP contribution is -2.54. The number of methoxy groups -OCH3 is 2. The molecule has 4 heterocycles. The third-order valence-corrected chi connectivity index (χ3v) is 11.4. The number of carbonyl (C=O) groups is 1. The Labute approximate surface area is 283 Å². The second kappa shape index (κ2) is 12.8. The highest BCUT2D eigenvalue weighted by Crippen LogP contribution is 2.57. The highest BCUT2D eigenvalue weighted by atomic mass is 35.5. The fourth-order valence-electron chi connectivity index (χ4n) is 7.23. The van der Waals surface area contributed by atoms with Crippen LogP contribution in [0.5, 0.6) is 11.5 Å². The predicted molar refractivity (Wildman–Crippen MR) is 176 cm³/mol. The highest BCUT2D eigenvalue weighted by molar-refractivity contribution is 7.93. The van der Waals surface area contributed by atoms with Crippen molar-refractivity contribution in [2.75, 3.05) is 51.2 Å². The van der Waals surface area contributed by atoms with Gasteiger partial charge >= 0.3 is 0 Å². The number of amides is 1. The molecule has 0 bridgehead atoms. The zero-order valence-corrected chi connectivity index (χ0v) is 28.1. The van der Waals surface area contributed by atoms with E-state index in [4.69, 9.17) is 25.5 Å². The number of fused-ring (bicyclic) bond motifs is 1. The van der Waals surface area contributed by atoms with Crippen molar-refractivity contribution in [3.8, 4) is 11.5 Å². The monoisotopic (exact) mass is 695 g/mol. The molecule has 1 N–H and O–H groups in total. The van der Waals surface area contributed by atoms with Crippen LogP contribution in [0, 0.1) is 5.82 Å². The minimum absolute atomic E-state index is 0.136. The molecule has 2 atom stereocenters. The van der Waals surface area contributed by atoms with Crippen molar-refractivity contribution < 1.29 is 31.5 Å². The number of piperazine rings is 1. The molecule has 3 aromatic carbocycles. The van der Waals surface area contributed by atoms with E-state index < -0.39 is 33.3 Å². The zero-order chi connectivity index (χ0) is 33.6. The Morgan fingerprint density at radius 2 is 1.81 bits per heavy atom. The van der Waals surface area contributed by atoms with Gasteiger partial charge < -0.3 is 19.2 Å². The first-order valence-electron chi connectivity index (χ1n) is 15.7. The summed E-state index contributed by atoms with van der Waals surface area (Å²) < 4.78 is 62.0. The Hall–Kier alpha value is -4.01. The summed E-state index contributed by atoms with van der Waals surface area (Å²) in [6.07, 6.45) is 4.22. The third-order valence-electron chi connectivity index (χ3n) is 9.43. The molecule has 11 nitrogen and oxygen atoms in total. The molecule has 0 spiro atoms. The molecule has 2 fully saturated rings. The van der Waals surface area contributed by atoms with Crippen LogP contribution in [-0.2, 0) is 26.9 Å². The van der Waals surface area contributed by atoms with Gasteiger partial charge in [-0.05, 0) is 54.8 Å². The Kier molecular flexibility index (Phi) is 8.67. The molecule has 1 unspecified atom stereocenters. The topological polar surface area (TPSA) is 117 Å². The maximum Gasteiger partial charge on any atom is 0.271 e. The van der Waals surface area contributed by atoms with E-state index in [1.165, 1.54) is 57.0 Å². The summed E-state index contributed by atoms with van der Waals surface area (Å²) in [5, 5.41) is 3.10. The summed E-state index contributed by atoms with van der Waals surface area (Å²) in [6.45, 7) is 4.57. The van der Waals surface area contributed by atoms with E-state index in [1.54, 1.807) is 0 Å². The fraction of sp³-hybridized carbons (Fsp3) is 0.353. The average Bonchev–Trinajstić information content (AvgIpc) is 3.85. The van der Waals surface area contributed by atoms with Crippen molar-refractivity contribution in [2.45, 2.75) is 35.9 Å². The molecule has 0 aliphatic carbocycles. The SMILES string of the molecule is COc1ccc(S(=O)(=O)N2C(=O)C(c3ccc(CN4CCNCC4)cc3OC)(N3CCC[C@H]3c3ncco3)c3cc(Cl)c(F)cc32)cc1. The van der Waals surface area contributed by atoms with Crippen molar-refractivity contribution in [1.82, 2.24) is 20.1 Å². The number of anilines is 1. The zero-order valence-electron chi connectivity index (χ0n) is 26.5. The van der Waals surface area contributed by atoms with Crippen molar-refractivity contribution >= 4 is 33.2 Å². The van der Waals surface area contributed by atoms with Crippen LogP contribution in [0.15, 0.2) is 76.4 Å². The van der Waals surface area contributed by atoms with Gasteiger partial charge in [0.1, 0.15) is 23.6 Å². The van der Waals surface area contributed by atoms with Crippen molar-refractivity contribution in [3.63, 3.8) is 0 Å². The number of nitrogens with zero attached hydrogens (tertiary/aromatic N) is 4. The average molecular weight is 696 g/mol. The maximum atomic E-state index is 15.4. The van der Waals surface area contributed by atoms with E-state index in [2.05, 4.69) is 15.2 Å². The predicted octanol–water partition coefficient (Wildman–Crippen LogP) is 4.71. The first-order chi connectivity index (χ1) is 23.2. The number of oxazole rings is 1. The minimum atomic E-state index is -4.58. The molecule has 14 heteroatoms. The number of carbonyl (C=O) groups excluding carboxylic acids is 1. The molecule has 1 amide bonds. The van der Waals surface area contributed by atoms with Crippen LogP contribution in [0.2, 0.25) is 5.02 Å². The molecule has 0 radical (unpaired) electrons. The number of rotatable bonds is 9. The lowest BCUT2D eigenvalue weighted by molar-refractivity contribution is -0.127. The van der Waals surface area contributed by atoms with Gasteiger partial charge in [0.15, 0.2) is 5.54 Å². The van der Waals surface area contributed by atoms with Crippen molar-refractivity contribution in [2.24, 2.45) is 0 Å². The standard InChI is InChI=1S/C34H35ClFN5O6S/c1-45-23-6-8-24(9-7-23)48(43,44)41-30-20-28(36)27(35)19-26(30)34(33(41)42,40-14-3-4-29(40)32-38-13-17-47-32)25-10-5-22(18-31(25)46-2)21-39-15-11-37-12-16-39/h5-10,13,17-20,29,37H,3-4,11-12,14-16,21H2,1-2H3/t29-,34?/m0/s1. The van der Waals surface area contributed by atoms with Gasteiger partial charge in [0.25, 0.3) is 15.9 Å².